The van der Waals surface area contributed by atoms with E-state index < -0.39 is 23.7 Å². The zero-order valence-corrected chi connectivity index (χ0v) is 12.7. The maximum Gasteiger partial charge on any atom is 0.350 e. The fourth-order valence-corrected chi connectivity index (χ4v) is 1.97. The number of anilines is 1. The summed E-state index contributed by atoms with van der Waals surface area (Å²) >= 11 is 0. The highest BCUT2D eigenvalue weighted by Gasteiger charge is 2.39. The molecular weight excluding hydrogens is 306 g/mol. The molecule has 0 radical (unpaired) electrons. The van der Waals surface area contributed by atoms with Gasteiger partial charge >= 0.3 is 17.9 Å². The lowest BCUT2D eigenvalue weighted by molar-refractivity contribution is -0.222. The number of carboxylic acid groups (broad SMARTS) is 1. The van der Waals surface area contributed by atoms with Gasteiger partial charge in [-0.25, -0.2) is 14.4 Å². The Balaban J connectivity index is 2.32. The molecule has 1 heterocycles. The number of methoxy groups -OCH3 is 1. The molecule has 1 aromatic carbocycles. The summed E-state index contributed by atoms with van der Waals surface area (Å²) in [6.45, 7) is 2.86. The molecule has 2 rings (SSSR count). The van der Waals surface area contributed by atoms with E-state index in [4.69, 9.17) is 14.2 Å². The Hall–Kier alpha value is -3.03. The normalized spacial score (nSPS) is 16.2. The summed E-state index contributed by atoms with van der Waals surface area (Å²) in [6.07, 6.45) is 1.04. The van der Waals surface area contributed by atoms with E-state index in [2.05, 4.69) is 5.32 Å². The molecule has 1 saturated heterocycles. The standard InChI is InChI=1S/C15H15NO7/c1-15(2)22-13(19)8(14(20)23-15)7-16-9-5-4-6-10(21-3)11(9)12(17)18/h4-7,16H,1-3H3,(H,17,18). The quantitative estimate of drug-likeness (QED) is 0.488. The average molecular weight is 321 g/mol. The minimum Gasteiger partial charge on any atom is -0.496 e. The molecule has 1 fully saturated rings. The SMILES string of the molecule is COc1cccc(NC=C2C(=O)OC(C)(C)OC2=O)c1C(=O)O. The fourth-order valence-electron chi connectivity index (χ4n) is 1.97. The lowest BCUT2D eigenvalue weighted by atomic mass is 10.1. The number of carboxylic acids is 1. The zero-order chi connectivity index (χ0) is 17.2. The van der Waals surface area contributed by atoms with Crippen LogP contribution in [0.5, 0.6) is 5.75 Å². The molecule has 0 aliphatic carbocycles. The van der Waals surface area contributed by atoms with E-state index in [1.165, 1.54) is 33.1 Å². The third-order valence-corrected chi connectivity index (χ3v) is 2.95. The number of esters is 2. The van der Waals surface area contributed by atoms with Gasteiger partial charge < -0.3 is 24.6 Å². The Morgan fingerprint density at radius 3 is 2.39 bits per heavy atom. The molecule has 8 nitrogen and oxygen atoms in total. The van der Waals surface area contributed by atoms with Gasteiger partial charge in [0, 0.05) is 20.0 Å². The van der Waals surface area contributed by atoms with Crippen LogP contribution in [-0.2, 0) is 19.1 Å². The highest BCUT2D eigenvalue weighted by atomic mass is 16.7. The molecular formula is C15H15NO7. The van der Waals surface area contributed by atoms with Gasteiger partial charge in [0.25, 0.3) is 5.79 Å². The van der Waals surface area contributed by atoms with Gasteiger partial charge in [0.2, 0.25) is 0 Å². The summed E-state index contributed by atoms with van der Waals surface area (Å²) < 4.78 is 14.9. The van der Waals surface area contributed by atoms with Gasteiger partial charge in [-0.05, 0) is 12.1 Å². The first-order valence-electron chi connectivity index (χ1n) is 6.59. The first-order valence-corrected chi connectivity index (χ1v) is 6.59. The molecule has 0 saturated carbocycles. The van der Waals surface area contributed by atoms with Gasteiger partial charge in [-0.3, -0.25) is 0 Å². The number of rotatable bonds is 4. The lowest BCUT2D eigenvalue weighted by Crippen LogP contribution is -2.42. The second-order valence-electron chi connectivity index (χ2n) is 5.07. The highest BCUT2D eigenvalue weighted by Crippen LogP contribution is 2.27. The van der Waals surface area contributed by atoms with Crippen LogP contribution in [0.1, 0.15) is 24.2 Å². The van der Waals surface area contributed by atoms with Crippen molar-refractivity contribution in [3.8, 4) is 5.75 Å². The van der Waals surface area contributed by atoms with Crippen molar-refractivity contribution >= 4 is 23.6 Å². The van der Waals surface area contributed by atoms with E-state index >= 15 is 0 Å². The Kier molecular flexibility index (Phi) is 4.26. The summed E-state index contributed by atoms with van der Waals surface area (Å²) in [4.78, 5) is 35.0. The van der Waals surface area contributed by atoms with Crippen LogP contribution in [0, 0.1) is 0 Å². The maximum absolute atomic E-state index is 11.8. The van der Waals surface area contributed by atoms with Crippen LogP contribution in [0.2, 0.25) is 0 Å². The smallest absolute Gasteiger partial charge is 0.350 e. The summed E-state index contributed by atoms with van der Waals surface area (Å²) in [6, 6.07) is 4.51. The van der Waals surface area contributed by atoms with E-state index in [0.717, 1.165) is 6.20 Å². The third-order valence-electron chi connectivity index (χ3n) is 2.95. The minimum atomic E-state index is -1.34. The fraction of sp³-hybridized carbons (Fsp3) is 0.267. The van der Waals surface area contributed by atoms with Gasteiger partial charge in [-0.2, -0.15) is 0 Å². The zero-order valence-electron chi connectivity index (χ0n) is 12.7. The van der Waals surface area contributed by atoms with E-state index in [-0.39, 0.29) is 22.6 Å². The van der Waals surface area contributed by atoms with E-state index in [1.54, 1.807) is 6.07 Å². The molecule has 122 valence electrons. The Bertz CT molecular complexity index is 684. The molecule has 1 aliphatic heterocycles. The molecule has 0 atom stereocenters. The van der Waals surface area contributed by atoms with Crippen LogP contribution < -0.4 is 10.1 Å². The van der Waals surface area contributed by atoms with Crippen molar-refractivity contribution in [1.29, 1.82) is 0 Å². The van der Waals surface area contributed by atoms with Crippen LogP contribution in [0.3, 0.4) is 0 Å². The maximum atomic E-state index is 11.8. The van der Waals surface area contributed by atoms with Crippen LogP contribution in [0.15, 0.2) is 30.0 Å². The van der Waals surface area contributed by atoms with E-state index in [0.29, 0.717) is 0 Å². The molecule has 0 unspecified atom stereocenters. The van der Waals surface area contributed by atoms with Crippen molar-refractivity contribution in [2.24, 2.45) is 0 Å². The predicted octanol–water partition coefficient (Wildman–Crippen LogP) is 1.53. The number of nitrogens with one attached hydrogen (secondary N) is 1. The number of carbonyl (C=O) groups is 3. The number of ether oxygens (including phenoxy) is 3. The molecule has 1 aliphatic rings. The summed E-state index contributed by atoms with van der Waals surface area (Å²) in [7, 11) is 1.34. The van der Waals surface area contributed by atoms with Crippen molar-refractivity contribution in [3.63, 3.8) is 0 Å². The second-order valence-corrected chi connectivity index (χ2v) is 5.07. The van der Waals surface area contributed by atoms with E-state index in [9.17, 15) is 19.5 Å². The molecule has 1 aromatic rings. The van der Waals surface area contributed by atoms with Crippen molar-refractivity contribution in [2.75, 3.05) is 12.4 Å². The van der Waals surface area contributed by atoms with Crippen molar-refractivity contribution in [1.82, 2.24) is 0 Å². The number of cyclic esters (lactones) is 2. The van der Waals surface area contributed by atoms with Gasteiger partial charge in [0.15, 0.2) is 5.57 Å². The third kappa shape index (κ3) is 3.42. The van der Waals surface area contributed by atoms with Gasteiger partial charge in [-0.15, -0.1) is 0 Å². The molecule has 8 heteroatoms. The average Bonchev–Trinajstić information content (AvgIpc) is 2.44. The Labute approximate surface area is 131 Å². The Morgan fingerprint density at radius 1 is 1.26 bits per heavy atom. The monoisotopic (exact) mass is 321 g/mol. The molecule has 0 amide bonds. The van der Waals surface area contributed by atoms with Crippen LogP contribution in [0.25, 0.3) is 0 Å². The summed E-state index contributed by atoms with van der Waals surface area (Å²) in [5, 5.41) is 11.9. The van der Waals surface area contributed by atoms with Crippen LogP contribution in [-0.4, -0.2) is 35.9 Å². The topological polar surface area (TPSA) is 111 Å². The highest BCUT2D eigenvalue weighted by molar-refractivity contribution is 6.15. The number of benzene rings is 1. The molecule has 23 heavy (non-hydrogen) atoms. The predicted molar refractivity (Wildman–Crippen MR) is 77.9 cm³/mol. The number of hydrogen-bond acceptors (Lipinski definition) is 7. The molecule has 0 aromatic heterocycles. The van der Waals surface area contributed by atoms with Gasteiger partial charge in [-0.1, -0.05) is 6.07 Å². The van der Waals surface area contributed by atoms with Crippen molar-refractivity contribution in [3.05, 3.63) is 35.5 Å². The summed E-state index contributed by atoms with van der Waals surface area (Å²) in [5.74, 6) is -4.15. The lowest BCUT2D eigenvalue weighted by Gasteiger charge is -2.29. The van der Waals surface area contributed by atoms with Crippen LogP contribution in [0.4, 0.5) is 5.69 Å². The Morgan fingerprint density at radius 2 is 1.87 bits per heavy atom. The number of hydrogen-bond donors (Lipinski definition) is 2. The second kappa shape index (κ2) is 5.99. The first-order chi connectivity index (χ1) is 10.7. The number of carbonyl (C=O) groups excluding carboxylic acids is 2. The van der Waals surface area contributed by atoms with E-state index in [1.807, 2.05) is 0 Å². The van der Waals surface area contributed by atoms with Gasteiger partial charge in [0.1, 0.15) is 11.3 Å². The molecule has 0 spiro atoms. The minimum absolute atomic E-state index is 0.135. The number of aromatic carboxylic acids is 1. The van der Waals surface area contributed by atoms with Gasteiger partial charge in [0.05, 0.1) is 12.8 Å². The summed E-state index contributed by atoms with van der Waals surface area (Å²) in [5.41, 5.74) is -0.358. The van der Waals surface area contributed by atoms with Crippen LogP contribution >= 0.6 is 0 Å². The largest absolute Gasteiger partial charge is 0.496 e. The molecule has 2 N–H and O–H groups in total. The van der Waals surface area contributed by atoms with Crippen molar-refractivity contribution in [2.45, 2.75) is 19.6 Å². The van der Waals surface area contributed by atoms with Crippen molar-refractivity contribution < 1.29 is 33.7 Å². The first kappa shape index (κ1) is 16.3. The molecule has 0 bridgehead atoms.